The van der Waals surface area contributed by atoms with Gasteiger partial charge in [0.15, 0.2) is 0 Å². The number of allylic oxidation sites excluding steroid dienone is 2. The van der Waals surface area contributed by atoms with Gasteiger partial charge in [-0.2, -0.15) is 0 Å². The maximum Gasteiger partial charge on any atom is 0.228 e. The molecule has 2 rings (SSSR count). The fourth-order valence-corrected chi connectivity index (χ4v) is 2.13. The number of nitrogens with one attached hydrogen (secondary N) is 1. The maximum atomic E-state index is 11.9. The first kappa shape index (κ1) is 11.3. The second-order valence-corrected chi connectivity index (χ2v) is 4.71. The number of halogens is 1. The molecule has 4 heteroatoms. The van der Waals surface area contributed by atoms with E-state index in [2.05, 4.69) is 38.4 Å². The third-order valence-electron chi connectivity index (χ3n) is 2.69. The minimum absolute atomic E-state index is 0.0808. The first-order valence-electron chi connectivity index (χ1n) is 5.26. The highest BCUT2D eigenvalue weighted by molar-refractivity contribution is 9.10. The number of rotatable bonds is 2. The molecule has 1 aliphatic carbocycles. The molecule has 0 saturated carbocycles. The van der Waals surface area contributed by atoms with Crippen molar-refractivity contribution in [1.29, 1.82) is 0 Å². The molecule has 0 aromatic carbocycles. The minimum atomic E-state index is 0.0808. The Bertz CT molecular complexity index is 435. The molecule has 1 aromatic rings. The number of hydrogen-bond donors (Lipinski definition) is 1. The van der Waals surface area contributed by atoms with Crippen molar-refractivity contribution in [3.8, 4) is 0 Å². The molecule has 0 unspecified atom stereocenters. The molecule has 0 saturated heterocycles. The first-order chi connectivity index (χ1) is 7.66. The van der Waals surface area contributed by atoms with E-state index in [0.29, 0.717) is 0 Å². The van der Waals surface area contributed by atoms with Crippen molar-refractivity contribution in [2.75, 3.05) is 5.32 Å². The molecule has 0 atom stereocenters. The van der Waals surface area contributed by atoms with Crippen LogP contribution in [0.5, 0.6) is 0 Å². The predicted octanol–water partition coefficient (Wildman–Crippen LogP) is 3.06. The molecule has 1 aliphatic rings. The molecule has 0 bridgehead atoms. The molecule has 0 fully saturated rings. The summed E-state index contributed by atoms with van der Waals surface area (Å²) in [5.41, 5.74) is 1.62. The van der Waals surface area contributed by atoms with Gasteiger partial charge in [-0.15, -0.1) is 0 Å². The van der Waals surface area contributed by atoms with Crippen molar-refractivity contribution in [2.45, 2.75) is 19.8 Å². The highest BCUT2D eigenvalue weighted by atomic mass is 79.9. The van der Waals surface area contributed by atoms with E-state index < -0.39 is 0 Å². The van der Waals surface area contributed by atoms with Gasteiger partial charge in [0.25, 0.3) is 0 Å². The highest BCUT2D eigenvalue weighted by Crippen LogP contribution is 2.21. The molecule has 0 aliphatic heterocycles. The smallest absolute Gasteiger partial charge is 0.228 e. The van der Waals surface area contributed by atoms with E-state index in [0.717, 1.165) is 28.8 Å². The predicted molar refractivity (Wildman–Crippen MR) is 67.2 cm³/mol. The quantitative estimate of drug-likeness (QED) is 0.668. The number of hydrogen-bond acceptors (Lipinski definition) is 2. The topological polar surface area (TPSA) is 42.0 Å². The van der Waals surface area contributed by atoms with Crippen LogP contribution in [0.3, 0.4) is 0 Å². The summed E-state index contributed by atoms with van der Waals surface area (Å²) in [5.74, 6) is 0.167. The fourth-order valence-electron chi connectivity index (χ4n) is 1.73. The normalized spacial score (nSPS) is 15.4. The summed E-state index contributed by atoms with van der Waals surface area (Å²) in [6, 6.07) is 3.70. The lowest BCUT2D eigenvalue weighted by molar-refractivity contribution is -0.119. The summed E-state index contributed by atoms with van der Waals surface area (Å²) in [4.78, 5) is 16.1. The van der Waals surface area contributed by atoms with Crippen LogP contribution in [0.25, 0.3) is 0 Å². The Hall–Kier alpha value is -1.16. The summed E-state index contributed by atoms with van der Waals surface area (Å²) in [6.45, 7) is 1.88. The van der Waals surface area contributed by atoms with Gasteiger partial charge < -0.3 is 5.32 Å². The van der Waals surface area contributed by atoms with Crippen molar-refractivity contribution in [3.05, 3.63) is 34.6 Å². The lowest BCUT2D eigenvalue weighted by Gasteiger charge is -2.11. The molecule has 0 radical (unpaired) electrons. The van der Waals surface area contributed by atoms with Crippen molar-refractivity contribution in [2.24, 2.45) is 5.92 Å². The van der Waals surface area contributed by atoms with E-state index in [1.165, 1.54) is 0 Å². The van der Waals surface area contributed by atoms with E-state index in [-0.39, 0.29) is 11.8 Å². The van der Waals surface area contributed by atoms with Crippen LogP contribution < -0.4 is 5.32 Å². The average Bonchev–Trinajstić information content (AvgIpc) is 2.75. The maximum absolute atomic E-state index is 11.9. The second kappa shape index (κ2) is 4.78. The number of aryl methyl sites for hydroxylation is 1. The number of aromatic nitrogens is 1. The van der Waals surface area contributed by atoms with Crippen LogP contribution in [0.2, 0.25) is 0 Å². The lowest BCUT2D eigenvalue weighted by atomic mass is 10.1. The van der Waals surface area contributed by atoms with Crippen molar-refractivity contribution in [3.63, 3.8) is 0 Å². The first-order valence-corrected chi connectivity index (χ1v) is 6.05. The van der Waals surface area contributed by atoms with E-state index in [9.17, 15) is 4.79 Å². The Labute approximate surface area is 103 Å². The molecule has 1 heterocycles. The summed E-state index contributed by atoms with van der Waals surface area (Å²) in [5, 5.41) is 2.92. The lowest BCUT2D eigenvalue weighted by Crippen LogP contribution is -2.21. The summed E-state index contributed by atoms with van der Waals surface area (Å²) in [7, 11) is 0. The van der Waals surface area contributed by atoms with Gasteiger partial charge in [0.1, 0.15) is 4.60 Å². The molecule has 84 valence electrons. The number of pyridine rings is 1. The number of amides is 1. The standard InChI is InChI=1S/C12H13BrN2O/c1-8-10(6-7-11(13)14-8)15-12(16)9-4-2-3-5-9/h2-3,6-7,9H,4-5H2,1H3,(H,15,16). The zero-order valence-corrected chi connectivity index (χ0v) is 10.6. The SMILES string of the molecule is Cc1nc(Br)ccc1NC(=O)C1CC=CC1. The number of carbonyl (C=O) groups excluding carboxylic acids is 1. The van der Waals surface area contributed by atoms with Gasteiger partial charge in [-0.3, -0.25) is 4.79 Å². The van der Waals surface area contributed by atoms with E-state index >= 15 is 0 Å². The third kappa shape index (κ3) is 2.50. The Morgan fingerprint density at radius 2 is 2.12 bits per heavy atom. The molecule has 1 amide bonds. The van der Waals surface area contributed by atoms with Gasteiger partial charge in [0, 0.05) is 5.92 Å². The molecule has 0 spiro atoms. The van der Waals surface area contributed by atoms with Crippen LogP contribution in [-0.2, 0) is 4.79 Å². The van der Waals surface area contributed by atoms with E-state index in [1.807, 2.05) is 19.1 Å². The van der Waals surface area contributed by atoms with Gasteiger partial charge in [-0.25, -0.2) is 4.98 Å². The number of anilines is 1. The molecular weight excluding hydrogens is 268 g/mol. The fraction of sp³-hybridized carbons (Fsp3) is 0.333. The third-order valence-corrected chi connectivity index (χ3v) is 3.13. The second-order valence-electron chi connectivity index (χ2n) is 3.90. The van der Waals surface area contributed by atoms with Gasteiger partial charge >= 0.3 is 0 Å². The molecular formula is C12H13BrN2O. The van der Waals surface area contributed by atoms with Crippen molar-refractivity contribution < 1.29 is 4.79 Å². The number of nitrogens with zero attached hydrogens (tertiary/aromatic N) is 1. The highest BCUT2D eigenvalue weighted by Gasteiger charge is 2.19. The molecule has 1 aromatic heterocycles. The molecule has 3 nitrogen and oxygen atoms in total. The Morgan fingerprint density at radius 3 is 2.75 bits per heavy atom. The van der Waals surface area contributed by atoms with E-state index in [4.69, 9.17) is 0 Å². The summed E-state index contributed by atoms with van der Waals surface area (Å²) < 4.78 is 0.783. The van der Waals surface area contributed by atoms with Crippen LogP contribution in [0.4, 0.5) is 5.69 Å². The minimum Gasteiger partial charge on any atom is -0.324 e. The Kier molecular flexibility index (Phi) is 3.39. The van der Waals surface area contributed by atoms with Crippen molar-refractivity contribution >= 4 is 27.5 Å². The molecule has 16 heavy (non-hydrogen) atoms. The van der Waals surface area contributed by atoms with Crippen molar-refractivity contribution in [1.82, 2.24) is 4.98 Å². The molecule has 1 N–H and O–H groups in total. The van der Waals surface area contributed by atoms with Crippen LogP contribution in [0, 0.1) is 12.8 Å². The van der Waals surface area contributed by atoms with Crippen LogP contribution in [-0.4, -0.2) is 10.9 Å². The Balaban J connectivity index is 2.06. The van der Waals surface area contributed by atoms with E-state index in [1.54, 1.807) is 0 Å². The van der Waals surface area contributed by atoms with Gasteiger partial charge in [0.05, 0.1) is 11.4 Å². The van der Waals surface area contributed by atoms with Gasteiger partial charge in [-0.05, 0) is 47.8 Å². The van der Waals surface area contributed by atoms with Crippen LogP contribution in [0.15, 0.2) is 28.9 Å². The summed E-state index contributed by atoms with van der Waals surface area (Å²) in [6.07, 6.45) is 5.79. The zero-order valence-electron chi connectivity index (χ0n) is 9.03. The van der Waals surface area contributed by atoms with Crippen LogP contribution in [0.1, 0.15) is 18.5 Å². The monoisotopic (exact) mass is 280 g/mol. The average molecular weight is 281 g/mol. The Morgan fingerprint density at radius 1 is 1.44 bits per heavy atom. The van der Waals surface area contributed by atoms with Gasteiger partial charge in [0.2, 0.25) is 5.91 Å². The van der Waals surface area contributed by atoms with Gasteiger partial charge in [-0.1, -0.05) is 12.2 Å². The zero-order chi connectivity index (χ0) is 11.5. The number of carbonyl (C=O) groups is 1. The van der Waals surface area contributed by atoms with Crippen LogP contribution >= 0.6 is 15.9 Å². The summed E-state index contributed by atoms with van der Waals surface area (Å²) >= 11 is 3.29. The largest absolute Gasteiger partial charge is 0.324 e.